The molecule has 1 aliphatic rings. The minimum atomic E-state index is -3.31. The summed E-state index contributed by atoms with van der Waals surface area (Å²) in [6, 6.07) is 6.22. The van der Waals surface area contributed by atoms with E-state index in [1.54, 1.807) is 23.7 Å². The Hall–Kier alpha value is -1.97. The standard InChI is InChI=1S/C18H20N2O4S3/c1-27(23,24)14-4-2-13(3-5-14)15(10-12-6-8-25-16(21)11-12)17(22)20-18-19-7-9-26-18/h2-5,7,9-10,12H,6,8,11,25H2,1H3,(H,19,20,22)/b15-10+. The van der Waals surface area contributed by atoms with E-state index >= 15 is 0 Å². The lowest BCUT2D eigenvalue weighted by Gasteiger charge is -2.20. The van der Waals surface area contributed by atoms with Gasteiger partial charge in [-0.25, -0.2) is 25.2 Å². The second-order valence-electron chi connectivity index (χ2n) is 6.27. The number of hydrogen-bond donors (Lipinski definition) is 1. The molecule has 6 nitrogen and oxygen atoms in total. The van der Waals surface area contributed by atoms with Gasteiger partial charge in [-0.1, -0.05) is 18.2 Å². The molecule has 0 radical (unpaired) electrons. The van der Waals surface area contributed by atoms with Crippen molar-refractivity contribution in [2.75, 3.05) is 17.3 Å². The minimum absolute atomic E-state index is 0.00498. The zero-order valence-electron chi connectivity index (χ0n) is 14.6. The molecular weight excluding hydrogens is 404 g/mol. The quantitative estimate of drug-likeness (QED) is 0.745. The molecule has 1 amide bonds. The Bertz CT molecular complexity index is 965. The Morgan fingerprint density at radius 1 is 1.33 bits per heavy atom. The fourth-order valence-electron chi connectivity index (χ4n) is 2.82. The summed E-state index contributed by atoms with van der Waals surface area (Å²) in [7, 11) is -3.31. The monoisotopic (exact) mass is 424 g/mol. The highest BCUT2D eigenvalue weighted by Crippen LogP contribution is 2.29. The molecule has 0 aliphatic carbocycles. The summed E-state index contributed by atoms with van der Waals surface area (Å²) in [5, 5.41) is 5.25. The Labute approximate surface area is 166 Å². The van der Waals surface area contributed by atoms with Crippen LogP contribution in [0.4, 0.5) is 5.13 Å². The van der Waals surface area contributed by atoms with Crippen molar-refractivity contribution in [3.63, 3.8) is 0 Å². The fourth-order valence-corrected chi connectivity index (χ4v) is 5.18. The molecule has 1 N–H and O–H groups in total. The lowest BCUT2D eigenvalue weighted by molar-refractivity contribution is -0.112. The Kier molecular flexibility index (Phi) is 6.13. The van der Waals surface area contributed by atoms with Gasteiger partial charge in [-0.2, -0.15) is 0 Å². The molecule has 2 aromatic rings. The first-order chi connectivity index (χ1) is 12.8. The van der Waals surface area contributed by atoms with Crippen molar-refractivity contribution in [1.82, 2.24) is 4.98 Å². The van der Waals surface area contributed by atoms with Crippen LogP contribution in [0.2, 0.25) is 0 Å². The summed E-state index contributed by atoms with van der Waals surface area (Å²) in [6.07, 6.45) is 5.88. The molecule has 27 heavy (non-hydrogen) atoms. The van der Waals surface area contributed by atoms with Gasteiger partial charge in [0.05, 0.1) is 4.90 Å². The number of amides is 1. The first-order valence-corrected chi connectivity index (χ1v) is 12.3. The SMILES string of the molecule is CS(=O)(=O)c1ccc(/C(=C\C2CC[SH2]C(=O)C2)C(=O)Nc2nccs2)cc1. The van der Waals surface area contributed by atoms with Gasteiger partial charge in [-0.3, -0.25) is 14.9 Å². The van der Waals surface area contributed by atoms with Crippen molar-refractivity contribution >= 4 is 54.7 Å². The zero-order valence-corrected chi connectivity index (χ0v) is 17.3. The summed E-state index contributed by atoms with van der Waals surface area (Å²) < 4.78 is 23.3. The summed E-state index contributed by atoms with van der Waals surface area (Å²) in [4.78, 5) is 28.9. The average molecular weight is 425 g/mol. The number of anilines is 1. The van der Waals surface area contributed by atoms with Crippen molar-refractivity contribution in [2.24, 2.45) is 5.92 Å². The number of benzene rings is 1. The van der Waals surface area contributed by atoms with Crippen LogP contribution < -0.4 is 5.32 Å². The molecule has 1 aromatic heterocycles. The van der Waals surface area contributed by atoms with Gasteiger partial charge < -0.3 is 0 Å². The zero-order chi connectivity index (χ0) is 19.4. The van der Waals surface area contributed by atoms with Crippen molar-refractivity contribution in [3.05, 3.63) is 47.5 Å². The van der Waals surface area contributed by atoms with Gasteiger partial charge in [0.15, 0.2) is 20.1 Å². The molecular formula is C18H20N2O4S3. The molecule has 0 saturated carbocycles. The normalized spacial score (nSPS) is 19.8. The van der Waals surface area contributed by atoms with Crippen LogP contribution in [0.25, 0.3) is 5.57 Å². The van der Waals surface area contributed by atoms with E-state index in [1.165, 1.54) is 23.5 Å². The van der Waals surface area contributed by atoms with E-state index in [1.807, 2.05) is 6.08 Å². The molecule has 9 heteroatoms. The van der Waals surface area contributed by atoms with E-state index in [0.29, 0.717) is 34.5 Å². The first-order valence-electron chi connectivity index (χ1n) is 8.33. The predicted octanol–water partition coefficient (Wildman–Crippen LogP) is 2.70. The second-order valence-corrected chi connectivity index (χ2v) is 10.6. The van der Waals surface area contributed by atoms with E-state index in [4.69, 9.17) is 0 Å². The number of rotatable bonds is 5. The van der Waals surface area contributed by atoms with Crippen LogP contribution in [0.3, 0.4) is 0 Å². The summed E-state index contributed by atoms with van der Waals surface area (Å²) in [5.74, 6) is 0.525. The maximum atomic E-state index is 12.8. The minimum Gasteiger partial charge on any atom is -0.298 e. The summed E-state index contributed by atoms with van der Waals surface area (Å²) >= 11 is 1.66. The third kappa shape index (κ3) is 5.27. The number of nitrogens with zero attached hydrogens (tertiary/aromatic N) is 1. The second kappa shape index (κ2) is 8.37. The van der Waals surface area contributed by atoms with Crippen LogP contribution in [0.15, 0.2) is 46.8 Å². The van der Waals surface area contributed by atoms with Crippen LogP contribution in [0.5, 0.6) is 0 Å². The number of hydrogen-bond acceptors (Lipinski definition) is 6. The lowest BCUT2D eigenvalue weighted by Crippen LogP contribution is -2.17. The topological polar surface area (TPSA) is 93.2 Å². The molecule has 1 aliphatic heterocycles. The Balaban J connectivity index is 1.93. The van der Waals surface area contributed by atoms with Gasteiger partial charge in [0.2, 0.25) is 0 Å². The van der Waals surface area contributed by atoms with Gasteiger partial charge in [0.1, 0.15) is 0 Å². The molecule has 1 unspecified atom stereocenters. The first kappa shape index (κ1) is 19.8. The summed E-state index contributed by atoms with van der Waals surface area (Å²) in [5.41, 5.74) is 1.03. The van der Waals surface area contributed by atoms with E-state index in [2.05, 4.69) is 10.3 Å². The number of sulfone groups is 1. The van der Waals surface area contributed by atoms with Crippen LogP contribution in [0, 0.1) is 5.92 Å². The molecule has 144 valence electrons. The fraction of sp³-hybridized carbons (Fsp3) is 0.278. The lowest BCUT2D eigenvalue weighted by atomic mass is 9.95. The molecule has 2 heterocycles. The van der Waals surface area contributed by atoms with Crippen LogP contribution in [-0.4, -0.2) is 36.4 Å². The van der Waals surface area contributed by atoms with Gasteiger partial charge in [0.25, 0.3) is 5.91 Å². The van der Waals surface area contributed by atoms with Crippen molar-refractivity contribution in [2.45, 2.75) is 17.7 Å². The van der Waals surface area contributed by atoms with Gasteiger partial charge in [0, 0.05) is 29.8 Å². The predicted molar refractivity (Wildman–Crippen MR) is 111 cm³/mol. The highest BCUT2D eigenvalue weighted by atomic mass is 32.2. The molecule has 1 fully saturated rings. The highest BCUT2D eigenvalue weighted by molar-refractivity contribution is 8.13. The molecule has 1 atom stereocenters. The number of nitrogens with one attached hydrogen (secondary N) is 1. The average Bonchev–Trinajstić information content (AvgIpc) is 3.12. The van der Waals surface area contributed by atoms with Crippen LogP contribution in [0.1, 0.15) is 18.4 Å². The molecule has 3 rings (SSSR count). The molecule has 0 spiro atoms. The number of aromatic nitrogens is 1. The number of allylic oxidation sites excluding steroid dienone is 1. The van der Waals surface area contributed by atoms with Crippen LogP contribution in [-0.2, 0) is 19.4 Å². The largest absolute Gasteiger partial charge is 0.298 e. The Morgan fingerprint density at radius 2 is 2.07 bits per heavy atom. The maximum absolute atomic E-state index is 12.8. The molecule has 0 bridgehead atoms. The van der Waals surface area contributed by atoms with Gasteiger partial charge >= 0.3 is 0 Å². The third-order valence-electron chi connectivity index (χ3n) is 4.18. The third-order valence-corrected chi connectivity index (χ3v) is 7.13. The van der Waals surface area contributed by atoms with Crippen molar-refractivity contribution < 1.29 is 18.0 Å². The Morgan fingerprint density at radius 3 is 2.67 bits per heavy atom. The van der Waals surface area contributed by atoms with Gasteiger partial charge in [-0.15, -0.1) is 11.3 Å². The van der Waals surface area contributed by atoms with E-state index in [9.17, 15) is 18.0 Å². The van der Waals surface area contributed by atoms with Crippen molar-refractivity contribution in [3.8, 4) is 0 Å². The highest BCUT2D eigenvalue weighted by Gasteiger charge is 2.21. The molecule has 1 saturated heterocycles. The van der Waals surface area contributed by atoms with Crippen LogP contribution >= 0.6 is 23.1 Å². The van der Waals surface area contributed by atoms with E-state index in [-0.39, 0.29) is 21.8 Å². The van der Waals surface area contributed by atoms with E-state index < -0.39 is 9.84 Å². The maximum Gasteiger partial charge on any atom is 0.257 e. The van der Waals surface area contributed by atoms with E-state index in [0.717, 1.165) is 18.4 Å². The summed E-state index contributed by atoms with van der Waals surface area (Å²) in [6.45, 7) is 0. The van der Waals surface area contributed by atoms with Crippen molar-refractivity contribution in [1.29, 1.82) is 0 Å². The number of carbonyl (C=O) groups excluding carboxylic acids is 2. The number of carbonyl (C=O) groups is 2. The smallest absolute Gasteiger partial charge is 0.257 e. The number of thiazole rings is 1. The molecule has 1 aromatic carbocycles. The van der Waals surface area contributed by atoms with Gasteiger partial charge in [-0.05, 0) is 35.8 Å².